The SMILES string of the molecule is CC[C@@H](Nc1c(C#N)cnc2c(Cl)cc(N[C@@H](c3cccnc3)c3cn([C@@H]4[C@@H]5CNC[C@@H]54)nn3)cc12)c1ccccc1. The van der Waals surface area contributed by atoms with Crippen LogP contribution in [0.1, 0.15) is 53.9 Å². The van der Waals surface area contributed by atoms with Crippen LogP contribution in [0.25, 0.3) is 10.9 Å². The third-order valence-electron chi connectivity index (χ3n) is 8.48. The van der Waals surface area contributed by atoms with Gasteiger partial charge in [0, 0.05) is 54.6 Å². The van der Waals surface area contributed by atoms with E-state index in [0.717, 1.165) is 47.4 Å². The molecule has 3 aromatic heterocycles. The maximum Gasteiger partial charge on any atom is 0.110 e. The van der Waals surface area contributed by atoms with Crippen LogP contribution in [0.4, 0.5) is 11.4 Å². The molecule has 9 nitrogen and oxygen atoms in total. The Bertz CT molecular complexity index is 1760. The van der Waals surface area contributed by atoms with E-state index >= 15 is 0 Å². The predicted octanol–water partition coefficient (Wildman–Crippen LogP) is 5.90. The average molecular weight is 576 g/mol. The van der Waals surface area contributed by atoms with Gasteiger partial charge in [-0.1, -0.05) is 60.1 Å². The molecule has 1 aliphatic carbocycles. The van der Waals surface area contributed by atoms with E-state index in [1.54, 1.807) is 12.4 Å². The van der Waals surface area contributed by atoms with Crippen molar-refractivity contribution >= 4 is 33.9 Å². The fourth-order valence-electron chi connectivity index (χ4n) is 6.25. The van der Waals surface area contributed by atoms with Crippen LogP contribution in [0.5, 0.6) is 0 Å². The molecule has 0 spiro atoms. The van der Waals surface area contributed by atoms with E-state index in [4.69, 9.17) is 11.6 Å². The van der Waals surface area contributed by atoms with Gasteiger partial charge in [-0.05, 0) is 35.7 Å². The molecule has 0 amide bonds. The molecule has 2 aromatic carbocycles. The number of nitriles is 1. The van der Waals surface area contributed by atoms with Crippen molar-refractivity contribution in [3.8, 4) is 6.07 Å². The van der Waals surface area contributed by atoms with Crippen LogP contribution in [-0.4, -0.2) is 38.1 Å². The van der Waals surface area contributed by atoms with Gasteiger partial charge in [-0.25, -0.2) is 4.68 Å². The summed E-state index contributed by atoms with van der Waals surface area (Å²) in [5, 5.41) is 31.1. The fourth-order valence-corrected chi connectivity index (χ4v) is 6.52. The van der Waals surface area contributed by atoms with E-state index in [-0.39, 0.29) is 12.1 Å². The summed E-state index contributed by atoms with van der Waals surface area (Å²) < 4.78 is 2.02. The van der Waals surface area contributed by atoms with Gasteiger partial charge in [-0.2, -0.15) is 5.26 Å². The summed E-state index contributed by atoms with van der Waals surface area (Å²) in [4.78, 5) is 8.91. The molecular weight excluding hydrogens is 546 g/mol. The zero-order chi connectivity index (χ0) is 28.6. The van der Waals surface area contributed by atoms with Gasteiger partial charge in [0.05, 0.1) is 46.1 Å². The van der Waals surface area contributed by atoms with Gasteiger partial charge >= 0.3 is 0 Å². The number of nitrogens with zero attached hydrogens (tertiary/aromatic N) is 6. The largest absolute Gasteiger partial charge is 0.377 e. The van der Waals surface area contributed by atoms with E-state index in [2.05, 4.69) is 61.4 Å². The van der Waals surface area contributed by atoms with Crippen molar-refractivity contribution in [1.29, 1.82) is 5.26 Å². The van der Waals surface area contributed by atoms with Crippen LogP contribution < -0.4 is 16.0 Å². The molecule has 5 aromatic rings. The number of rotatable bonds is 9. The number of pyridine rings is 2. The van der Waals surface area contributed by atoms with Crippen molar-refractivity contribution < 1.29 is 0 Å². The molecule has 7 rings (SSSR count). The van der Waals surface area contributed by atoms with E-state index < -0.39 is 0 Å². The highest BCUT2D eigenvalue weighted by Crippen LogP contribution is 2.52. The number of halogens is 1. The quantitative estimate of drug-likeness (QED) is 0.199. The second-order valence-corrected chi connectivity index (χ2v) is 11.4. The molecule has 210 valence electrons. The van der Waals surface area contributed by atoms with E-state index in [9.17, 15) is 5.26 Å². The van der Waals surface area contributed by atoms with E-state index in [1.807, 2.05) is 59.5 Å². The number of benzene rings is 2. The Morgan fingerprint density at radius 3 is 2.62 bits per heavy atom. The Kier molecular flexibility index (Phi) is 6.94. The first-order chi connectivity index (χ1) is 20.6. The highest BCUT2D eigenvalue weighted by Gasteiger charge is 2.55. The number of hydrogen-bond acceptors (Lipinski definition) is 8. The first kappa shape index (κ1) is 26.4. The first-order valence-corrected chi connectivity index (χ1v) is 14.6. The van der Waals surface area contributed by atoms with Crippen molar-refractivity contribution in [2.24, 2.45) is 11.8 Å². The number of nitrogens with one attached hydrogen (secondary N) is 3. The van der Waals surface area contributed by atoms with Crippen LogP contribution >= 0.6 is 11.6 Å². The molecule has 3 N–H and O–H groups in total. The number of aromatic nitrogens is 5. The summed E-state index contributed by atoms with van der Waals surface area (Å²) in [6, 6.07) is 20.4. The van der Waals surface area contributed by atoms with Crippen molar-refractivity contribution in [1.82, 2.24) is 30.3 Å². The smallest absolute Gasteiger partial charge is 0.110 e. The van der Waals surface area contributed by atoms with Crippen LogP contribution in [0.15, 0.2) is 79.4 Å². The lowest BCUT2D eigenvalue weighted by atomic mass is 10.0. The Hall–Kier alpha value is -4.52. The predicted molar refractivity (Wildman–Crippen MR) is 163 cm³/mol. The lowest BCUT2D eigenvalue weighted by Gasteiger charge is -2.22. The number of piperidine rings is 1. The minimum atomic E-state index is -0.311. The van der Waals surface area contributed by atoms with Gasteiger partial charge in [-0.15, -0.1) is 5.10 Å². The van der Waals surface area contributed by atoms with Crippen LogP contribution in [-0.2, 0) is 0 Å². The molecule has 5 atom stereocenters. The van der Waals surface area contributed by atoms with Crippen LogP contribution in [0.2, 0.25) is 5.02 Å². The third-order valence-corrected chi connectivity index (χ3v) is 8.77. The molecular formula is C32H30ClN9. The summed E-state index contributed by atoms with van der Waals surface area (Å²) >= 11 is 6.84. The minimum Gasteiger partial charge on any atom is -0.377 e. The zero-order valence-electron chi connectivity index (χ0n) is 23.1. The van der Waals surface area contributed by atoms with Gasteiger partial charge in [0.2, 0.25) is 0 Å². The highest BCUT2D eigenvalue weighted by molar-refractivity contribution is 6.35. The molecule has 0 radical (unpaired) electrons. The molecule has 1 aliphatic heterocycles. The Labute approximate surface area is 249 Å². The fraction of sp³-hybridized carbons (Fsp3) is 0.281. The molecule has 4 heterocycles. The molecule has 1 saturated heterocycles. The molecule has 0 bridgehead atoms. The van der Waals surface area contributed by atoms with E-state index in [0.29, 0.717) is 39.7 Å². The monoisotopic (exact) mass is 575 g/mol. The maximum atomic E-state index is 10.0. The molecule has 1 saturated carbocycles. The summed E-state index contributed by atoms with van der Waals surface area (Å²) in [6.45, 7) is 4.18. The lowest BCUT2D eigenvalue weighted by Crippen LogP contribution is -2.17. The lowest BCUT2D eigenvalue weighted by molar-refractivity contribution is 0.509. The second kappa shape index (κ2) is 11.0. The average Bonchev–Trinajstić information content (AvgIpc) is 3.34. The van der Waals surface area contributed by atoms with Crippen molar-refractivity contribution in [2.45, 2.75) is 31.5 Å². The second-order valence-electron chi connectivity index (χ2n) is 11.0. The summed E-state index contributed by atoms with van der Waals surface area (Å²) in [5.74, 6) is 1.25. The van der Waals surface area contributed by atoms with Gasteiger partial charge in [0.15, 0.2) is 0 Å². The van der Waals surface area contributed by atoms with Crippen molar-refractivity contribution in [3.05, 3.63) is 107 Å². The summed E-state index contributed by atoms with van der Waals surface area (Å²) in [5.41, 5.74) is 5.47. The van der Waals surface area contributed by atoms with Crippen molar-refractivity contribution in [3.63, 3.8) is 0 Å². The molecule has 42 heavy (non-hydrogen) atoms. The normalized spacial score (nSPS) is 20.5. The number of fused-ring (bicyclic) bond motifs is 2. The maximum absolute atomic E-state index is 10.0. The number of hydrogen-bond donors (Lipinski definition) is 3. The third kappa shape index (κ3) is 4.83. The highest BCUT2D eigenvalue weighted by atomic mass is 35.5. The molecule has 2 aliphatic rings. The van der Waals surface area contributed by atoms with Gasteiger partial charge in [-0.3, -0.25) is 9.97 Å². The molecule has 0 unspecified atom stereocenters. The Balaban J connectivity index is 1.27. The first-order valence-electron chi connectivity index (χ1n) is 14.3. The van der Waals surface area contributed by atoms with Crippen LogP contribution in [0.3, 0.4) is 0 Å². The molecule has 10 heteroatoms. The minimum absolute atomic E-state index is 0.00888. The standard InChI is InChI=1S/C32H30ClN9/c1-2-27(19-7-4-3-5-8-19)39-29-21(13-34)15-37-31-23(29)11-22(12-26(31)33)38-30(20-9-6-10-35-14-20)28-18-42(41-40-28)32-24-16-36-17-25(24)32/h3-12,14-15,18,24-25,27,30,32,36,38H,2,16-17H2,1H3,(H,37,39)/t24-,25+,27-,30+,32-/m1/s1. The van der Waals surface area contributed by atoms with Crippen LogP contribution in [0, 0.1) is 23.2 Å². The number of anilines is 2. The Morgan fingerprint density at radius 1 is 1.07 bits per heavy atom. The summed E-state index contributed by atoms with van der Waals surface area (Å²) in [7, 11) is 0. The summed E-state index contributed by atoms with van der Waals surface area (Å²) in [6.07, 6.45) is 8.06. The Morgan fingerprint density at radius 2 is 1.88 bits per heavy atom. The van der Waals surface area contributed by atoms with Gasteiger partial charge in [0.25, 0.3) is 0 Å². The zero-order valence-corrected chi connectivity index (χ0v) is 23.8. The van der Waals surface area contributed by atoms with Crippen molar-refractivity contribution in [2.75, 3.05) is 23.7 Å². The van der Waals surface area contributed by atoms with E-state index in [1.165, 1.54) is 0 Å². The molecule has 2 fully saturated rings. The topological polar surface area (TPSA) is 116 Å². The van der Waals surface area contributed by atoms with Gasteiger partial charge in [0.1, 0.15) is 11.8 Å². The van der Waals surface area contributed by atoms with Gasteiger partial charge < -0.3 is 16.0 Å².